The van der Waals surface area contributed by atoms with E-state index in [9.17, 15) is 31.1 Å². The molecule has 0 fully saturated rings. The number of hydrogen-bond acceptors (Lipinski definition) is 4. The molecule has 1 aromatic heterocycles. The number of hydrogen-bond donors (Lipinski definition) is 1. The summed E-state index contributed by atoms with van der Waals surface area (Å²) < 4.78 is 79.2. The SMILES string of the molecule is Cn1c(SCC(=O)Nc2cc(C(F)(F)F)cc(C(F)(F)F)c2)nnc1-c1ccccc1. The lowest BCUT2D eigenvalue weighted by Gasteiger charge is -2.14. The van der Waals surface area contributed by atoms with Crippen molar-refractivity contribution in [3.05, 3.63) is 59.7 Å². The Labute approximate surface area is 176 Å². The van der Waals surface area contributed by atoms with Gasteiger partial charge in [0.2, 0.25) is 5.91 Å². The number of rotatable bonds is 5. The van der Waals surface area contributed by atoms with E-state index in [1.54, 1.807) is 11.6 Å². The van der Waals surface area contributed by atoms with E-state index in [-0.39, 0.29) is 11.8 Å². The van der Waals surface area contributed by atoms with Crippen molar-refractivity contribution in [1.29, 1.82) is 0 Å². The van der Waals surface area contributed by atoms with Gasteiger partial charge in [0.15, 0.2) is 11.0 Å². The zero-order valence-corrected chi connectivity index (χ0v) is 16.6. The van der Waals surface area contributed by atoms with Crippen LogP contribution >= 0.6 is 11.8 Å². The summed E-state index contributed by atoms with van der Waals surface area (Å²) >= 11 is 0.942. The topological polar surface area (TPSA) is 59.8 Å². The van der Waals surface area contributed by atoms with Gasteiger partial charge in [-0.05, 0) is 18.2 Å². The molecule has 5 nitrogen and oxygen atoms in total. The van der Waals surface area contributed by atoms with Crippen molar-refractivity contribution < 1.29 is 31.1 Å². The molecule has 1 amide bonds. The Bertz CT molecular complexity index is 1050. The van der Waals surface area contributed by atoms with Crippen molar-refractivity contribution >= 4 is 23.4 Å². The molecule has 1 N–H and O–H groups in total. The Kier molecular flexibility index (Phi) is 6.30. The van der Waals surface area contributed by atoms with Gasteiger partial charge >= 0.3 is 12.4 Å². The van der Waals surface area contributed by atoms with Crippen LogP contribution in [0.25, 0.3) is 11.4 Å². The number of carbonyl (C=O) groups excluding carboxylic acids is 1. The number of aromatic nitrogens is 3. The summed E-state index contributed by atoms with van der Waals surface area (Å²) in [7, 11) is 1.67. The first kappa shape index (κ1) is 22.7. The molecule has 0 saturated carbocycles. The maximum atomic E-state index is 12.9. The molecule has 0 bridgehead atoms. The Morgan fingerprint density at radius 1 is 0.968 bits per heavy atom. The zero-order valence-electron chi connectivity index (χ0n) is 15.8. The molecule has 0 spiro atoms. The highest BCUT2D eigenvalue weighted by Gasteiger charge is 2.37. The summed E-state index contributed by atoms with van der Waals surface area (Å²) in [4.78, 5) is 12.1. The van der Waals surface area contributed by atoms with E-state index in [1.165, 1.54) is 0 Å². The fourth-order valence-corrected chi connectivity index (χ4v) is 3.34. The van der Waals surface area contributed by atoms with Crippen LogP contribution in [-0.2, 0) is 24.2 Å². The third kappa shape index (κ3) is 5.57. The lowest BCUT2D eigenvalue weighted by Crippen LogP contribution is -2.17. The van der Waals surface area contributed by atoms with E-state index in [0.717, 1.165) is 17.3 Å². The van der Waals surface area contributed by atoms with Gasteiger partial charge in [-0.25, -0.2) is 0 Å². The van der Waals surface area contributed by atoms with Crippen LogP contribution < -0.4 is 5.32 Å². The molecule has 0 unspecified atom stereocenters. The molecule has 2 aromatic carbocycles. The van der Waals surface area contributed by atoms with E-state index in [4.69, 9.17) is 0 Å². The second-order valence-electron chi connectivity index (χ2n) is 6.36. The maximum absolute atomic E-state index is 12.9. The third-order valence-corrected chi connectivity index (χ3v) is 5.09. The van der Waals surface area contributed by atoms with E-state index < -0.39 is 35.1 Å². The van der Waals surface area contributed by atoms with Crippen molar-refractivity contribution in [2.24, 2.45) is 7.05 Å². The predicted molar refractivity (Wildman–Crippen MR) is 102 cm³/mol. The first-order valence-corrected chi connectivity index (χ1v) is 9.60. The molecule has 0 atom stereocenters. The molecule has 0 aliphatic carbocycles. The van der Waals surface area contributed by atoms with Crippen LogP contribution in [0.4, 0.5) is 32.0 Å². The average Bonchev–Trinajstić information content (AvgIpc) is 3.06. The fraction of sp³-hybridized carbons (Fsp3) is 0.211. The number of nitrogens with one attached hydrogen (secondary N) is 1. The third-order valence-electron chi connectivity index (χ3n) is 4.07. The molecule has 0 saturated heterocycles. The number of benzene rings is 2. The number of alkyl halides is 6. The van der Waals surface area contributed by atoms with Crippen LogP contribution in [0.5, 0.6) is 0 Å². The predicted octanol–water partition coefficient (Wildman–Crippen LogP) is 5.25. The first-order chi connectivity index (χ1) is 14.4. The molecule has 1 heterocycles. The van der Waals surface area contributed by atoms with Gasteiger partial charge in [0.1, 0.15) is 0 Å². The van der Waals surface area contributed by atoms with Crippen LogP contribution in [0, 0.1) is 0 Å². The molecule has 31 heavy (non-hydrogen) atoms. The fourth-order valence-electron chi connectivity index (χ4n) is 2.63. The minimum Gasteiger partial charge on any atom is -0.325 e. The number of anilines is 1. The van der Waals surface area contributed by atoms with Gasteiger partial charge in [-0.2, -0.15) is 26.3 Å². The number of amides is 1. The van der Waals surface area contributed by atoms with Crippen LogP contribution in [0.2, 0.25) is 0 Å². The van der Waals surface area contributed by atoms with Gasteiger partial charge in [-0.1, -0.05) is 42.1 Å². The minimum absolute atomic E-state index is 0.00489. The van der Waals surface area contributed by atoms with Crippen LogP contribution in [0.15, 0.2) is 53.7 Å². The van der Waals surface area contributed by atoms with Gasteiger partial charge in [0.25, 0.3) is 0 Å². The number of carbonyl (C=O) groups is 1. The highest BCUT2D eigenvalue weighted by atomic mass is 32.2. The molecular formula is C19H14F6N4OS. The first-order valence-electron chi connectivity index (χ1n) is 8.62. The summed E-state index contributed by atoms with van der Waals surface area (Å²) in [6.45, 7) is 0. The lowest BCUT2D eigenvalue weighted by atomic mass is 10.1. The van der Waals surface area contributed by atoms with Gasteiger partial charge in [0, 0.05) is 18.3 Å². The molecule has 0 aliphatic heterocycles. The molecule has 3 rings (SSSR count). The van der Waals surface area contributed by atoms with Crippen molar-refractivity contribution in [2.45, 2.75) is 17.5 Å². The highest BCUT2D eigenvalue weighted by molar-refractivity contribution is 7.99. The minimum atomic E-state index is -5.00. The second-order valence-corrected chi connectivity index (χ2v) is 7.31. The standard InChI is InChI=1S/C19H14F6N4OS/c1-29-16(11-5-3-2-4-6-11)27-28-17(29)31-10-15(30)26-14-8-12(18(20,21)22)7-13(9-14)19(23,24)25/h2-9H,10H2,1H3,(H,26,30). The number of nitrogens with zero attached hydrogens (tertiary/aromatic N) is 3. The van der Waals surface area contributed by atoms with E-state index in [1.807, 2.05) is 30.3 Å². The second kappa shape index (κ2) is 8.61. The average molecular weight is 460 g/mol. The zero-order chi connectivity index (χ0) is 22.8. The van der Waals surface area contributed by atoms with Crippen molar-refractivity contribution in [2.75, 3.05) is 11.1 Å². The largest absolute Gasteiger partial charge is 0.416 e. The van der Waals surface area contributed by atoms with E-state index in [2.05, 4.69) is 15.5 Å². The molecular weight excluding hydrogens is 446 g/mol. The summed E-state index contributed by atoms with van der Waals surface area (Å²) in [5.74, 6) is -0.545. The molecule has 0 aliphatic rings. The lowest BCUT2D eigenvalue weighted by molar-refractivity contribution is -0.143. The summed E-state index contributed by atoms with van der Waals surface area (Å²) in [5, 5.41) is 10.4. The van der Waals surface area contributed by atoms with E-state index >= 15 is 0 Å². The van der Waals surface area contributed by atoms with Crippen molar-refractivity contribution in [1.82, 2.24) is 14.8 Å². The van der Waals surface area contributed by atoms with Gasteiger partial charge in [0.05, 0.1) is 16.9 Å². The van der Waals surface area contributed by atoms with Crippen LogP contribution in [-0.4, -0.2) is 26.4 Å². The maximum Gasteiger partial charge on any atom is 0.416 e. The Hall–Kier alpha value is -3.02. The van der Waals surface area contributed by atoms with Gasteiger partial charge in [-0.15, -0.1) is 10.2 Å². The molecule has 164 valence electrons. The normalized spacial score (nSPS) is 12.1. The molecule has 12 heteroatoms. The smallest absolute Gasteiger partial charge is 0.325 e. The Balaban J connectivity index is 1.72. The van der Waals surface area contributed by atoms with Crippen LogP contribution in [0.3, 0.4) is 0 Å². The van der Waals surface area contributed by atoms with Crippen LogP contribution in [0.1, 0.15) is 11.1 Å². The van der Waals surface area contributed by atoms with Crippen molar-refractivity contribution in [3.63, 3.8) is 0 Å². The van der Waals surface area contributed by atoms with E-state index in [0.29, 0.717) is 23.1 Å². The molecule has 0 radical (unpaired) electrons. The summed E-state index contributed by atoms with van der Waals surface area (Å²) in [6, 6.07) is 9.99. The summed E-state index contributed by atoms with van der Waals surface area (Å²) in [6.07, 6.45) is -10.00. The van der Waals surface area contributed by atoms with Gasteiger partial charge in [-0.3, -0.25) is 4.79 Å². The Morgan fingerprint density at radius 2 is 1.55 bits per heavy atom. The number of halogens is 6. The molecule has 3 aromatic rings. The van der Waals surface area contributed by atoms with Gasteiger partial charge < -0.3 is 9.88 Å². The Morgan fingerprint density at radius 3 is 2.10 bits per heavy atom. The summed E-state index contributed by atoms with van der Waals surface area (Å²) in [5.41, 5.74) is -2.83. The highest BCUT2D eigenvalue weighted by Crippen LogP contribution is 2.37. The van der Waals surface area contributed by atoms with Crippen molar-refractivity contribution in [3.8, 4) is 11.4 Å². The number of thioether (sulfide) groups is 1. The monoisotopic (exact) mass is 460 g/mol. The quantitative estimate of drug-likeness (QED) is 0.417.